The second-order valence-electron chi connectivity index (χ2n) is 6.79. The minimum absolute atomic E-state index is 0.0355. The fraction of sp³-hybridized carbons (Fsp3) is 0.529. The normalized spacial score (nSPS) is 17.7. The molecular weight excluding hydrogens is 306 g/mol. The molecule has 0 radical (unpaired) electrons. The van der Waals surface area contributed by atoms with Crippen LogP contribution in [-0.4, -0.2) is 50.4 Å². The molecule has 1 aliphatic rings. The summed E-state index contributed by atoms with van der Waals surface area (Å²) in [5.41, 5.74) is 2.08. The third-order valence-corrected chi connectivity index (χ3v) is 4.15. The number of rotatable bonds is 4. The summed E-state index contributed by atoms with van der Waals surface area (Å²) in [5.74, 6) is 0.379. The summed E-state index contributed by atoms with van der Waals surface area (Å²) >= 11 is 0. The van der Waals surface area contributed by atoms with Gasteiger partial charge in [0.05, 0.1) is 11.9 Å². The maximum absolute atomic E-state index is 12.6. The molecular formula is C17H23N5O2. The van der Waals surface area contributed by atoms with Crippen LogP contribution in [0.3, 0.4) is 0 Å². The van der Waals surface area contributed by atoms with E-state index in [9.17, 15) is 9.59 Å². The van der Waals surface area contributed by atoms with Gasteiger partial charge in [-0.15, -0.1) is 0 Å². The van der Waals surface area contributed by atoms with Gasteiger partial charge in [0.1, 0.15) is 5.52 Å². The van der Waals surface area contributed by atoms with Crippen molar-refractivity contribution in [3.63, 3.8) is 0 Å². The molecule has 0 spiro atoms. The zero-order chi connectivity index (χ0) is 17.3. The van der Waals surface area contributed by atoms with Crippen molar-refractivity contribution >= 4 is 23.0 Å². The Hall–Kier alpha value is -2.44. The van der Waals surface area contributed by atoms with Crippen LogP contribution in [0.2, 0.25) is 0 Å². The van der Waals surface area contributed by atoms with Gasteiger partial charge in [-0.2, -0.15) is 0 Å². The van der Waals surface area contributed by atoms with Crippen LogP contribution in [0.4, 0.5) is 0 Å². The molecule has 1 atom stereocenters. The third kappa shape index (κ3) is 3.39. The lowest BCUT2D eigenvalue weighted by Crippen LogP contribution is -2.37. The largest absolute Gasteiger partial charge is 0.352 e. The number of hydrogen-bond acceptors (Lipinski definition) is 4. The Kier molecular flexibility index (Phi) is 4.51. The molecule has 3 heterocycles. The van der Waals surface area contributed by atoms with E-state index in [1.807, 2.05) is 4.57 Å². The predicted molar refractivity (Wildman–Crippen MR) is 90.5 cm³/mol. The lowest BCUT2D eigenvalue weighted by atomic mass is 10.2. The van der Waals surface area contributed by atoms with Crippen molar-refractivity contribution in [1.29, 1.82) is 0 Å². The molecule has 1 fully saturated rings. The summed E-state index contributed by atoms with van der Waals surface area (Å²) in [6.07, 6.45) is 4.17. The van der Waals surface area contributed by atoms with Crippen molar-refractivity contribution in [2.45, 2.75) is 39.8 Å². The fourth-order valence-corrected chi connectivity index (χ4v) is 3.13. The van der Waals surface area contributed by atoms with E-state index in [1.165, 1.54) is 6.92 Å². The standard InChI is InChI=1S/C17H23N5O2/c1-11(2)8-22-10-19-15-6-13(7-18-16(15)22)17(24)21-5-4-14(9-21)20-12(3)23/h6-7,10-11,14H,4-5,8-9H2,1-3H3,(H,20,23). The maximum Gasteiger partial charge on any atom is 0.255 e. The number of nitrogens with one attached hydrogen (secondary N) is 1. The summed E-state index contributed by atoms with van der Waals surface area (Å²) in [5, 5.41) is 2.87. The number of pyridine rings is 1. The average molecular weight is 329 g/mol. The molecule has 128 valence electrons. The molecule has 0 aromatic carbocycles. The van der Waals surface area contributed by atoms with E-state index >= 15 is 0 Å². The maximum atomic E-state index is 12.6. The van der Waals surface area contributed by atoms with Gasteiger partial charge in [-0.3, -0.25) is 9.59 Å². The molecule has 2 aromatic rings. The number of hydrogen-bond donors (Lipinski definition) is 1. The highest BCUT2D eigenvalue weighted by atomic mass is 16.2. The van der Waals surface area contributed by atoms with Crippen molar-refractivity contribution in [2.24, 2.45) is 5.92 Å². The van der Waals surface area contributed by atoms with Crippen LogP contribution in [0, 0.1) is 5.92 Å². The van der Waals surface area contributed by atoms with E-state index in [4.69, 9.17) is 0 Å². The van der Waals surface area contributed by atoms with Crippen molar-refractivity contribution in [3.05, 3.63) is 24.2 Å². The molecule has 1 aliphatic heterocycles. The molecule has 3 rings (SSSR count). The Morgan fingerprint density at radius 2 is 2.17 bits per heavy atom. The minimum atomic E-state index is -0.0620. The number of amides is 2. The van der Waals surface area contributed by atoms with Gasteiger partial charge in [-0.1, -0.05) is 13.8 Å². The third-order valence-electron chi connectivity index (χ3n) is 4.15. The first-order valence-electron chi connectivity index (χ1n) is 8.31. The van der Waals surface area contributed by atoms with Gasteiger partial charge < -0.3 is 14.8 Å². The van der Waals surface area contributed by atoms with Gasteiger partial charge in [0.25, 0.3) is 5.91 Å². The van der Waals surface area contributed by atoms with Crippen molar-refractivity contribution < 1.29 is 9.59 Å². The molecule has 1 saturated heterocycles. The second kappa shape index (κ2) is 6.59. The Bertz CT molecular complexity index is 767. The minimum Gasteiger partial charge on any atom is -0.352 e. The van der Waals surface area contributed by atoms with Crippen LogP contribution in [0.1, 0.15) is 37.6 Å². The summed E-state index contributed by atoms with van der Waals surface area (Å²) < 4.78 is 2.01. The van der Waals surface area contributed by atoms with Crippen LogP contribution in [0.15, 0.2) is 18.6 Å². The van der Waals surface area contributed by atoms with Crippen LogP contribution in [0.25, 0.3) is 11.2 Å². The summed E-state index contributed by atoms with van der Waals surface area (Å²) in [7, 11) is 0. The van der Waals surface area contributed by atoms with Crippen LogP contribution in [-0.2, 0) is 11.3 Å². The molecule has 7 nitrogen and oxygen atoms in total. The predicted octanol–water partition coefficient (Wildman–Crippen LogP) is 1.44. The highest BCUT2D eigenvalue weighted by Crippen LogP contribution is 2.17. The van der Waals surface area contributed by atoms with Crippen molar-refractivity contribution in [3.8, 4) is 0 Å². The zero-order valence-corrected chi connectivity index (χ0v) is 14.3. The Balaban J connectivity index is 1.75. The smallest absolute Gasteiger partial charge is 0.255 e. The molecule has 2 aromatic heterocycles. The number of carbonyl (C=O) groups is 2. The van der Waals surface area contributed by atoms with Gasteiger partial charge >= 0.3 is 0 Å². The second-order valence-corrected chi connectivity index (χ2v) is 6.79. The highest BCUT2D eigenvalue weighted by molar-refractivity contribution is 5.96. The fourth-order valence-electron chi connectivity index (χ4n) is 3.13. The Labute approximate surface area is 141 Å². The number of carbonyl (C=O) groups excluding carboxylic acids is 2. The average Bonchev–Trinajstić information content (AvgIpc) is 3.12. The number of aromatic nitrogens is 3. The summed E-state index contributed by atoms with van der Waals surface area (Å²) in [4.78, 5) is 34.3. The topological polar surface area (TPSA) is 80.1 Å². The lowest BCUT2D eigenvalue weighted by Gasteiger charge is -2.16. The van der Waals surface area contributed by atoms with E-state index in [2.05, 4.69) is 29.1 Å². The van der Waals surface area contributed by atoms with E-state index in [1.54, 1.807) is 23.5 Å². The number of nitrogens with zero attached hydrogens (tertiary/aromatic N) is 4. The number of likely N-dealkylation sites (tertiary alicyclic amines) is 1. The SMILES string of the molecule is CC(=O)NC1CCN(C(=O)c2cnc3c(c2)ncn3CC(C)C)C1. The molecule has 24 heavy (non-hydrogen) atoms. The van der Waals surface area contributed by atoms with Crippen LogP contribution in [0.5, 0.6) is 0 Å². The zero-order valence-electron chi connectivity index (χ0n) is 14.3. The van der Waals surface area contributed by atoms with E-state index < -0.39 is 0 Å². The van der Waals surface area contributed by atoms with Gasteiger partial charge in [-0.05, 0) is 18.4 Å². The van der Waals surface area contributed by atoms with Crippen molar-refractivity contribution in [1.82, 2.24) is 24.8 Å². The van der Waals surface area contributed by atoms with E-state index in [-0.39, 0.29) is 17.9 Å². The molecule has 0 aliphatic carbocycles. The monoisotopic (exact) mass is 329 g/mol. The number of imidazole rings is 1. The summed E-state index contributed by atoms with van der Waals surface area (Å²) in [6.45, 7) is 7.81. The van der Waals surface area contributed by atoms with Crippen molar-refractivity contribution in [2.75, 3.05) is 13.1 Å². The quantitative estimate of drug-likeness (QED) is 0.920. The first kappa shape index (κ1) is 16.4. The Morgan fingerprint density at radius 3 is 2.88 bits per heavy atom. The summed E-state index contributed by atoms with van der Waals surface area (Å²) in [6, 6.07) is 1.83. The Morgan fingerprint density at radius 1 is 1.38 bits per heavy atom. The van der Waals surface area contributed by atoms with E-state index in [0.717, 1.165) is 24.1 Å². The van der Waals surface area contributed by atoms with E-state index in [0.29, 0.717) is 24.6 Å². The molecule has 7 heteroatoms. The molecule has 0 bridgehead atoms. The van der Waals surface area contributed by atoms with Gasteiger partial charge in [-0.25, -0.2) is 9.97 Å². The highest BCUT2D eigenvalue weighted by Gasteiger charge is 2.27. The molecule has 2 amide bonds. The molecule has 1 unspecified atom stereocenters. The van der Waals surface area contributed by atoms with Gasteiger partial charge in [0, 0.05) is 38.8 Å². The lowest BCUT2D eigenvalue weighted by molar-refractivity contribution is -0.119. The first-order chi connectivity index (χ1) is 11.4. The van der Waals surface area contributed by atoms with Crippen LogP contribution >= 0.6 is 0 Å². The first-order valence-corrected chi connectivity index (χ1v) is 8.31. The van der Waals surface area contributed by atoms with Crippen LogP contribution < -0.4 is 5.32 Å². The molecule has 0 saturated carbocycles. The number of fused-ring (bicyclic) bond motifs is 1. The van der Waals surface area contributed by atoms with Gasteiger partial charge in [0.15, 0.2) is 5.65 Å². The molecule has 1 N–H and O–H groups in total. The van der Waals surface area contributed by atoms with Gasteiger partial charge in [0.2, 0.25) is 5.91 Å².